The van der Waals surface area contributed by atoms with E-state index in [-0.39, 0.29) is 24.0 Å². The van der Waals surface area contributed by atoms with Crippen molar-refractivity contribution in [3.05, 3.63) is 0 Å². The molecule has 3 aliphatic heterocycles. The van der Waals surface area contributed by atoms with E-state index < -0.39 is 0 Å². The van der Waals surface area contributed by atoms with Crippen LogP contribution in [0.3, 0.4) is 0 Å². The van der Waals surface area contributed by atoms with Crippen molar-refractivity contribution in [3.8, 4) is 0 Å². The molecule has 28 heavy (non-hydrogen) atoms. The topological polar surface area (TPSA) is 49.3 Å². The Kier molecular flexibility index (Phi) is 11.4. The van der Waals surface area contributed by atoms with E-state index in [0.717, 1.165) is 64.0 Å². The van der Waals surface area contributed by atoms with Crippen molar-refractivity contribution >= 4 is 29.9 Å². The van der Waals surface area contributed by atoms with Crippen LogP contribution in [0.2, 0.25) is 0 Å². The van der Waals surface area contributed by atoms with Gasteiger partial charge < -0.3 is 24.6 Å². The van der Waals surface area contributed by atoms with Crippen LogP contribution in [0.4, 0.5) is 0 Å². The molecular weight excluding hydrogens is 467 g/mol. The summed E-state index contributed by atoms with van der Waals surface area (Å²) in [6.07, 6.45) is 9.08. The van der Waals surface area contributed by atoms with Gasteiger partial charge in [0, 0.05) is 39.8 Å². The summed E-state index contributed by atoms with van der Waals surface area (Å²) in [7, 11) is 1.91. The molecule has 2 unspecified atom stereocenters. The van der Waals surface area contributed by atoms with Gasteiger partial charge in [0.05, 0.1) is 18.8 Å². The lowest BCUT2D eigenvalue weighted by Crippen LogP contribution is -2.48. The van der Waals surface area contributed by atoms with Gasteiger partial charge in [0.15, 0.2) is 5.96 Å². The summed E-state index contributed by atoms with van der Waals surface area (Å²) < 4.78 is 11.9. The van der Waals surface area contributed by atoms with E-state index in [1.807, 2.05) is 7.05 Å². The maximum absolute atomic E-state index is 6.14. The fraction of sp³-hybridized carbons (Fsp3) is 0.952. The van der Waals surface area contributed by atoms with Crippen LogP contribution in [0.25, 0.3) is 0 Å². The molecule has 0 aliphatic carbocycles. The number of hydrogen-bond acceptors (Lipinski definition) is 4. The highest BCUT2D eigenvalue weighted by Gasteiger charge is 2.25. The number of nitrogens with one attached hydrogen (secondary N) is 1. The van der Waals surface area contributed by atoms with Crippen molar-refractivity contribution in [2.45, 2.75) is 64.1 Å². The van der Waals surface area contributed by atoms with Crippen LogP contribution in [0, 0.1) is 5.92 Å². The molecule has 0 aromatic rings. The van der Waals surface area contributed by atoms with Crippen molar-refractivity contribution in [3.63, 3.8) is 0 Å². The monoisotopic (exact) mass is 508 g/mol. The maximum atomic E-state index is 6.14. The fourth-order valence-corrected chi connectivity index (χ4v) is 4.58. The SMILES string of the molecule is CCCN1CCC(CNC(=NC)N2CCC(OCC3CCCCO3)CC2)C1.I. The molecule has 0 radical (unpaired) electrons. The summed E-state index contributed by atoms with van der Waals surface area (Å²) in [5.74, 6) is 1.82. The Morgan fingerprint density at radius 1 is 1.14 bits per heavy atom. The normalized spacial score (nSPS) is 27.6. The van der Waals surface area contributed by atoms with E-state index in [1.165, 1.54) is 45.3 Å². The third-order valence-electron chi connectivity index (χ3n) is 6.20. The smallest absolute Gasteiger partial charge is 0.193 e. The van der Waals surface area contributed by atoms with E-state index in [4.69, 9.17) is 9.47 Å². The summed E-state index contributed by atoms with van der Waals surface area (Å²) in [6.45, 7) is 10.8. The van der Waals surface area contributed by atoms with Gasteiger partial charge in [-0.05, 0) is 64.0 Å². The molecule has 0 aromatic heterocycles. The van der Waals surface area contributed by atoms with Gasteiger partial charge in [0.1, 0.15) is 0 Å². The van der Waals surface area contributed by atoms with Crippen LogP contribution in [0.15, 0.2) is 4.99 Å². The Labute approximate surface area is 188 Å². The Hall–Kier alpha value is -0.120. The predicted octanol–water partition coefficient (Wildman–Crippen LogP) is 2.96. The molecule has 3 aliphatic rings. The molecule has 0 saturated carbocycles. The van der Waals surface area contributed by atoms with Gasteiger partial charge in [-0.2, -0.15) is 0 Å². The summed E-state index contributed by atoms with van der Waals surface area (Å²) in [6, 6.07) is 0. The molecule has 0 bridgehead atoms. The Bertz CT molecular complexity index is 452. The number of guanidine groups is 1. The van der Waals surface area contributed by atoms with Gasteiger partial charge in [-0.3, -0.25) is 4.99 Å². The van der Waals surface area contributed by atoms with Gasteiger partial charge in [0.2, 0.25) is 0 Å². The highest BCUT2D eigenvalue weighted by Crippen LogP contribution is 2.19. The maximum Gasteiger partial charge on any atom is 0.193 e. The standard InChI is InChI=1S/C21H40N4O2.HI/c1-3-10-24-11-7-18(16-24)15-23-21(22-2)25-12-8-19(9-13-25)27-17-20-6-4-5-14-26-20;/h18-20H,3-17H2,1-2H3,(H,22,23);1H. The van der Waals surface area contributed by atoms with Crippen LogP contribution in [0.1, 0.15) is 51.9 Å². The molecule has 0 aromatic carbocycles. The number of halogens is 1. The predicted molar refractivity (Wildman–Crippen MR) is 126 cm³/mol. The first-order chi connectivity index (χ1) is 13.3. The number of nitrogens with zero attached hydrogens (tertiary/aromatic N) is 3. The first-order valence-electron chi connectivity index (χ1n) is 11.2. The second kappa shape index (κ2) is 13.2. The number of piperidine rings is 1. The molecular formula is C21H41IN4O2. The molecule has 3 saturated heterocycles. The Morgan fingerprint density at radius 2 is 1.96 bits per heavy atom. The number of likely N-dealkylation sites (tertiary alicyclic amines) is 2. The van der Waals surface area contributed by atoms with E-state index in [1.54, 1.807) is 0 Å². The van der Waals surface area contributed by atoms with E-state index >= 15 is 0 Å². The number of ether oxygens (including phenoxy) is 2. The first kappa shape index (κ1) is 24.2. The van der Waals surface area contributed by atoms with Crippen LogP contribution in [0.5, 0.6) is 0 Å². The van der Waals surface area contributed by atoms with Gasteiger partial charge in [0.25, 0.3) is 0 Å². The summed E-state index contributed by atoms with van der Waals surface area (Å²) >= 11 is 0. The second-order valence-electron chi connectivity index (χ2n) is 8.39. The molecule has 2 atom stereocenters. The lowest BCUT2D eigenvalue weighted by atomic mass is 10.1. The fourth-order valence-electron chi connectivity index (χ4n) is 4.58. The van der Waals surface area contributed by atoms with Crippen LogP contribution in [-0.4, -0.2) is 87.5 Å². The van der Waals surface area contributed by atoms with Gasteiger partial charge in [-0.15, -0.1) is 24.0 Å². The highest BCUT2D eigenvalue weighted by atomic mass is 127. The Balaban J connectivity index is 0.00000280. The molecule has 3 fully saturated rings. The first-order valence-corrected chi connectivity index (χ1v) is 11.2. The van der Waals surface area contributed by atoms with E-state index in [2.05, 4.69) is 27.0 Å². The molecule has 7 heteroatoms. The molecule has 6 nitrogen and oxygen atoms in total. The van der Waals surface area contributed by atoms with Crippen LogP contribution >= 0.6 is 24.0 Å². The second-order valence-corrected chi connectivity index (χ2v) is 8.39. The zero-order valence-corrected chi connectivity index (χ0v) is 20.2. The lowest BCUT2D eigenvalue weighted by molar-refractivity contribution is -0.0721. The molecule has 0 spiro atoms. The third-order valence-corrected chi connectivity index (χ3v) is 6.20. The lowest BCUT2D eigenvalue weighted by Gasteiger charge is -2.35. The number of rotatable bonds is 7. The van der Waals surface area contributed by atoms with Crippen molar-refractivity contribution < 1.29 is 9.47 Å². The molecule has 164 valence electrons. The van der Waals surface area contributed by atoms with Crippen molar-refractivity contribution in [1.82, 2.24) is 15.1 Å². The quantitative estimate of drug-likeness (QED) is 0.326. The van der Waals surface area contributed by atoms with E-state index in [0.29, 0.717) is 12.2 Å². The van der Waals surface area contributed by atoms with Gasteiger partial charge in [-0.1, -0.05) is 6.92 Å². The average Bonchev–Trinajstić information content (AvgIpc) is 3.16. The molecule has 3 rings (SSSR count). The summed E-state index contributed by atoms with van der Waals surface area (Å²) in [5, 5.41) is 3.63. The average molecular weight is 508 g/mol. The van der Waals surface area contributed by atoms with E-state index in [9.17, 15) is 0 Å². The van der Waals surface area contributed by atoms with Gasteiger partial charge in [-0.25, -0.2) is 0 Å². The minimum Gasteiger partial charge on any atom is -0.376 e. The van der Waals surface area contributed by atoms with Crippen LogP contribution in [-0.2, 0) is 9.47 Å². The Morgan fingerprint density at radius 3 is 2.64 bits per heavy atom. The largest absolute Gasteiger partial charge is 0.376 e. The number of aliphatic imine (C=N–C) groups is 1. The minimum atomic E-state index is 0. The zero-order chi connectivity index (χ0) is 18.9. The third kappa shape index (κ3) is 7.61. The molecule has 1 N–H and O–H groups in total. The van der Waals surface area contributed by atoms with Crippen LogP contribution < -0.4 is 5.32 Å². The highest BCUT2D eigenvalue weighted by molar-refractivity contribution is 14.0. The zero-order valence-electron chi connectivity index (χ0n) is 17.9. The number of hydrogen-bond donors (Lipinski definition) is 1. The van der Waals surface area contributed by atoms with Crippen molar-refractivity contribution in [2.75, 3.05) is 59.5 Å². The van der Waals surface area contributed by atoms with Crippen molar-refractivity contribution in [1.29, 1.82) is 0 Å². The molecule has 3 heterocycles. The summed E-state index contributed by atoms with van der Waals surface area (Å²) in [4.78, 5) is 9.52. The molecule has 0 amide bonds. The van der Waals surface area contributed by atoms with Gasteiger partial charge >= 0.3 is 0 Å². The minimum absolute atomic E-state index is 0. The summed E-state index contributed by atoms with van der Waals surface area (Å²) in [5.41, 5.74) is 0. The van der Waals surface area contributed by atoms with Crippen molar-refractivity contribution in [2.24, 2.45) is 10.9 Å².